The topological polar surface area (TPSA) is 0 Å². The quantitative estimate of drug-likeness (QED) is 0.450. The van der Waals surface area contributed by atoms with Crippen LogP contribution >= 0.6 is 45.2 Å². The summed E-state index contributed by atoms with van der Waals surface area (Å²) in [5.74, 6) is 0. The SMILES string of the molecule is C[Si](C)(C)c1cc(I)cc([Si](C)(C)C)c1I. The second-order valence-corrected chi connectivity index (χ2v) is 18.7. The summed E-state index contributed by atoms with van der Waals surface area (Å²) in [6, 6.07) is 4.80. The predicted octanol–water partition coefficient (Wildman–Crippen LogP) is 3.99. The van der Waals surface area contributed by atoms with Crippen molar-refractivity contribution in [2.75, 3.05) is 0 Å². The van der Waals surface area contributed by atoms with E-state index in [9.17, 15) is 0 Å². The average molecular weight is 474 g/mol. The van der Waals surface area contributed by atoms with Gasteiger partial charge in [0.15, 0.2) is 0 Å². The molecule has 0 saturated carbocycles. The van der Waals surface area contributed by atoms with Crippen molar-refractivity contribution in [1.82, 2.24) is 0 Å². The minimum Gasteiger partial charge on any atom is -0.0656 e. The Balaban J connectivity index is 3.51. The molecule has 0 radical (unpaired) electrons. The zero-order valence-electron chi connectivity index (χ0n) is 10.9. The summed E-state index contributed by atoms with van der Waals surface area (Å²) >= 11 is 5.04. The van der Waals surface area contributed by atoms with E-state index in [0.29, 0.717) is 0 Å². The highest BCUT2D eigenvalue weighted by Crippen LogP contribution is 2.16. The minimum absolute atomic E-state index is 1.21. The molecule has 0 saturated heterocycles. The first-order chi connectivity index (χ1) is 7.03. The molecule has 0 nitrogen and oxygen atoms in total. The molecule has 0 bridgehead atoms. The molecule has 0 aromatic heterocycles. The molecule has 1 aromatic rings. The van der Waals surface area contributed by atoms with Crippen LogP contribution < -0.4 is 10.4 Å². The van der Waals surface area contributed by atoms with Crippen LogP contribution in [-0.2, 0) is 0 Å². The van der Waals surface area contributed by atoms with Crippen molar-refractivity contribution in [3.63, 3.8) is 0 Å². The van der Waals surface area contributed by atoms with Gasteiger partial charge in [-0.3, -0.25) is 0 Å². The van der Waals surface area contributed by atoms with Gasteiger partial charge in [0.1, 0.15) is 0 Å². The fraction of sp³-hybridized carbons (Fsp3) is 0.500. The van der Waals surface area contributed by atoms with Crippen LogP contribution in [0.1, 0.15) is 0 Å². The fourth-order valence-electron chi connectivity index (χ4n) is 1.68. The largest absolute Gasteiger partial charge is 0.0790 e. The van der Waals surface area contributed by atoms with Gasteiger partial charge in [-0.05, 0) is 67.7 Å². The van der Waals surface area contributed by atoms with E-state index in [-0.39, 0.29) is 0 Å². The maximum absolute atomic E-state index is 2.57. The van der Waals surface area contributed by atoms with Crippen molar-refractivity contribution in [1.29, 1.82) is 0 Å². The van der Waals surface area contributed by atoms with Gasteiger partial charge in [0.25, 0.3) is 0 Å². The highest BCUT2D eigenvalue weighted by atomic mass is 127. The van der Waals surface area contributed by atoms with E-state index in [1.165, 1.54) is 3.57 Å². The van der Waals surface area contributed by atoms with E-state index in [0.717, 1.165) is 0 Å². The standard InChI is InChI=1S/C12H20I2Si2/c1-15(2,3)10-7-9(13)8-11(12(10)14)16(4,5)6/h7-8H,1-6H3. The summed E-state index contributed by atoms with van der Waals surface area (Å²) in [7, 11) is -2.42. The fourth-order valence-corrected chi connectivity index (χ4v) is 10.9. The monoisotopic (exact) mass is 474 g/mol. The smallest absolute Gasteiger partial charge is 0.0656 e. The Morgan fingerprint density at radius 2 is 1.06 bits per heavy atom. The first-order valence-corrected chi connectivity index (χ1v) is 14.7. The molecule has 1 rings (SSSR count). The molecular formula is C12H20I2Si2. The number of benzene rings is 1. The van der Waals surface area contributed by atoms with Crippen LogP contribution in [0.2, 0.25) is 39.3 Å². The molecule has 0 atom stereocenters. The molecule has 0 aliphatic heterocycles. The van der Waals surface area contributed by atoms with Gasteiger partial charge in [-0.15, -0.1) is 0 Å². The van der Waals surface area contributed by atoms with Crippen molar-refractivity contribution < 1.29 is 0 Å². The first kappa shape index (κ1) is 15.2. The second kappa shape index (κ2) is 5.01. The molecule has 16 heavy (non-hydrogen) atoms. The molecule has 0 unspecified atom stereocenters. The Labute approximate surface area is 129 Å². The lowest BCUT2D eigenvalue weighted by atomic mass is 10.4. The summed E-state index contributed by atoms with van der Waals surface area (Å²) in [5.41, 5.74) is 0. The van der Waals surface area contributed by atoms with Crippen LogP contribution in [0, 0.1) is 7.14 Å². The van der Waals surface area contributed by atoms with Crippen molar-refractivity contribution in [2.24, 2.45) is 0 Å². The molecular weight excluding hydrogens is 454 g/mol. The Kier molecular flexibility index (Phi) is 4.75. The van der Waals surface area contributed by atoms with E-state index in [1.807, 2.05) is 0 Å². The second-order valence-electron chi connectivity index (χ2n) is 6.31. The molecule has 4 heteroatoms. The van der Waals surface area contributed by atoms with Crippen molar-refractivity contribution in [2.45, 2.75) is 39.3 Å². The van der Waals surface area contributed by atoms with Crippen molar-refractivity contribution in [3.8, 4) is 0 Å². The van der Waals surface area contributed by atoms with Crippen LogP contribution in [0.15, 0.2) is 12.1 Å². The Morgan fingerprint density at radius 1 is 0.750 bits per heavy atom. The number of hydrogen-bond donors (Lipinski definition) is 0. The van der Waals surface area contributed by atoms with Gasteiger partial charge >= 0.3 is 0 Å². The normalized spacial score (nSPS) is 13.0. The zero-order valence-corrected chi connectivity index (χ0v) is 17.2. The molecule has 0 fully saturated rings. The maximum atomic E-state index is 2.57. The highest BCUT2D eigenvalue weighted by Gasteiger charge is 2.26. The lowest BCUT2D eigenvalue weighted by molar-refractivity contribution is 1.60. The molecule has 0 amide bonds. The Hall–Kier alpha value is 1.11. The van der Waals surface area contributed by atoms with Gasteiger partial charge in [-0.2, -0.15) is 0 Å². The summed E-state index contributed by atoms with van der Waals surface area (Å²) in [4.78, 5) is 0. The zero-order chi connectivity index (χ0) is 12.7. The van der Waals surface area contributed by atoms with Crippen molar-refractivity contribution >= 4 is 71.7 Å². The Bertz CT molecular complexity index is 365. The first-order valence-electron chi connectivity index (χ1n) is 5.53. The van der Waals surface area contributed by atoms with E-state index >= 15 is 0 Å². The third-order valence-electron chi connectivity index (χ3n) is 2.65. The molecule has 0 heterocycles. The third kappa shape index (κ3) is 3.55. The van der Waals surface area contributed by atoms with E-state index in [2.05, 4.69) is 96.6 Å². The molecule has 0 aliphatic carbocycles. The predicted molar refractivity (Wildman–Crippen MR) is 97.8 cm³/mol. The summed E-state index contributed by atoms with van der Waals surface area (Å²) < 4.78 is 2.96. The number of hydrogen-bond acceptors (Lipinski definition) is 0. The Morgan fingerprint density at radius 3 is 1.31 bits per heavy atom. The number of halogens is 2. The molecule has 0 aliphatic rings. The lowest BCUT2D eigenvalue weighted by Gasteiger charge is -2.26. The van der Waals surface area contributed by atoms with Crippen LogP contribution in [0.4, 0.5) is 0 Å². The van der Waals surface area contributed by atoms with Gasteiger partial charge in [0.05, 0.1) is 16.1 Å². The molecule has 1 aromatic carbocycles. The highest BCUT2D eigenvalue weighted by molar-refractivity contribution is 14.1. The minimum atomic E-state index is -1.21. The maximum Gasteiger partial charge on any atom is 0.0790 e. The molecule has 0 N–H and O–H groups in total. The van der Waals surface area contributed by atoms with E-state index < -0.39 is 16.1 Å². The average Bonchev–Trinajstić information content (AvgIpc) is 2.04. The van der Waals surface area contributed by atoms with Gasteiger partial charge < -0.3 is 0 Å². The van der Waals surface area contributed by atoms with Crippen LogP contribution in [0.25, 0.3) is 0 Å². The van der Waals surface area contributed by atoms with E-state index in [1.54, 1.807) is 13.9 Å². The number of rotatable bonds is 2. The van der Waals surface area contributed by atoms with Crippen LogP contribution in [-0.4, -0.2) is 16.1 Å². The summed E-state index contributed by atoms with van der Waals surface area (Å²) in [6.45, 7) is 14.6. The summed E-state index contributed by atoms with van der Waals surface area (Å²) in [5, 5.41) is 3.27. The third-order valence-corrected chi connectivity index (χ3v) is 9.48. The van der Waals surface area contributed by atoms with Crippen molar-refractivity contribution in [3.05, 3.63) is 19.3 Å². The molecule has 0 spiro atoms. The van der Waals surface area contributed by atoms with Gasteiger partial charge in [-0.1, -0.05) is 39.3 Å². The lowest BCUT2D eigenvalue weighted by Crippen LogP contribution is -2.48. The summed E-state index contributed by atoms with van der Waals surface area (Å²) in [6.07, 6.45) is 0. The van der Waals surface area contributed by atoms with Crippen LogP contribution in [0.5, 0.6) is 0 Å². The van der Waals surface area contributed by atoms with E-state index in [4.69, 9.17) is 0 Å². The van der Waals surface area contributed by atoms with Gasteiger partial charge in [0, 0.05) is 7.14 Å². The van der Waals surface area contributed by atoms with Gasteiger partial charge in [0.2, 0.25) is 0 Å². The molecule has 90 valence electrons. The van der Waals surface area contributed by atoms with Gasteiger partial charge in [-0.25, -0.2) is 0 Å². The van der Waals surface area contributed by atoms with Crippen LogP contribution in [0.3, 0.4) is 0 Å².